The summed E-state index contributed by atoms with van der Waals surface area (Å²) in [4.78, 5) is 17.5. The van der Waals surface area contributed by atoms with Crippen molar-refractivity contribution in [3.8, 4) is 11.5 Å². The first-order chi connectivity index (χ1) is 13.7. The number of ether oxygens (including phenoxy) is 2. The van der Waals surface area contributed by atoms with E-state index in [1.54, 1.807) is 26.4 Å². The average molecular weight is 383 g/mol. The van der Waals surface area contributed by atoms with E-state index in [0.29, 0.717) is 17.1 Å². The third-order valence-corrected chi connectivity index (χ3v) is 5.30. The lowest BCUT2D eigenvalue weighted by Crippen LogP contribution is -2.35. The van der Waals surface area contributed by atoms with Crippen molar-refractivity contribution in [3.05, 3.63) is 59.7 Å². The van der Waals surface area contributed by atoms with Crippen molar-refractivity contribution in [1.29, 1.82) is 0 Å². The second-order valence-corrected chi connectivity index (χ2v) is 7.14. The van der Waals surface area contributed by atoms with Crippen LogP contribution in [0.25, 0.3) is 0 Å². The summed E-state index contributed by atoms with van der Waals surface area (Å²) in [5.74, 6) is 1.28. The van der Waals surface area contributed by atoms with Crippen LogP contribution in [0.4, 0.5) is 0 Å². The lowest BCUT2D eigenvalue weighted by molar-refractivity contribution is 0.0757. The van der Waals surface area contributed by atoms with Crippen molar-refractivity contribution >= 4 is 5.91 Å². The van der Waals surface area contributed by atoms with Gasteiger partial charge in [-0.1, -0.05) is 30.3 Å². The molecule has 3 rings (SSSR count). The number of amides is 1. The molecule has 5 heteroatoms. The summed E-state index contributed by atoms with van der Waals surface area (Å²) in [7, 11) is 3.20. The summed E-state index contributed by atoms with van der Waals surface area (Å²) in [5, 5.41) is 0. The summed E-state index contributed by atoms with van der Waals surface area (Å²) in [6.45, 7) is 4.53. The van der Waals surface area contributed by atoms with Gasteiger partial charge >= 0.3 is 0 Å². The number of hydrogen-bond acceptors (Lipinski definition) is 4. The van der Waals surface area contributed by atoms with Gasteiger partial charge in [0.25, 0.3) is 5.91 Å². The quantitative estimate of drug-likeness (QED) is 0.735. The molecular weight excluding hydrogens is 352 g/mol. The molecular formula is C23H30N2O3. The van der Waals surface area contributed by atoms with E-state index >= 15 is 0 Å². The molecule has 0 saturated carbocycles. The molecule has 0 radical (unpaired) electrons. The van der Waals surface area contributed by atoms with Crippen molar-refractivity contribution in [1.82, 2.24) is 9.80 Å². The van der Waals surface area contributed by atoms with Gasteiger partial charge in [-0.15, -0.1) is 0 Å². The number of aryl methyl sites for hydroxylation is 1. The Labute approximate surface area is 167 Å². The molecule has 2 aromatic carbocycles. The largest absolute Gasteiger partial charge is 0.497 e. The number of hydrogen-bond donors (Lipinski definition) is 0. The number of nitrogens with zero attached hydrogens (tertiary/aromatic N) is 2. The van der Waals surface area contributed by atoms with Gasteiger partial charge in [0, 0.05) is 19.6 Å². The topological polar surface area (TPSA) is 42.0 Å². The molecule has 1 amide bonds. The van der Waals surface area contributed by atoms with Gasteiger partial charge in [-0.25, -0.2) is 0 Å². The highest BCUT2D eigenvalue weighted by atomic mass is 16.5. The Hall–Kier alpha value is -2.53. The minimum atomic E-state index is 0.0156. The Balaban J connectivity index is 1.55. The van der Waals surface area contributed by atoms with Crippen LogP contribution in [0.2, 0.25) is 0 Å². The van der Waals surface area contributed by atoms with E-state index in [2.05, 4.69) is 35.2 Å². The number of carbonyl (C=O) groups excluding carboxylic acids is 1. The SMILES string of the molecule is COc1ccc(OC)c(C(=O)N2CCCN(CCCc3ccccc3)CC2)c1. The summed E-state index contributed by atoms with van der Waals surface area (Å²) in [5.41, 5.74) is 1.96. The fourth-order valence-corrected chi connectivity index (χ4v) is 3.70. The number of methoxy groups -OCH3 is 2. The smallest absolute Gasteiger partial charge is 0.257 e. The Morgan fingerprint density at radius 2 is 1.79 bits per heavy atom. The lowest BCUT2D eigenvalue weighted by atomic mass is 10.1. The van der Waals surface area contributed by atoms with Crippen molar-refractivity contribution < 1.29 is 14.3 Å². The van der Waals surface area contributed by atoms with Crippen molar-refractivity contribution in [2.75, 3.05) is 46.9 Å². The minimum absolute atomic E-state index is 0.0156. The van der Waals surface area contributed by atoms with Gasteiger partial charge in [0.15, 0.2) is 0 Å². The third kappa shape index (κ3) is 5.26. The molecule has 1 fully saturated rings. The molecule has 2 aromatic rings. The highest BCUT2D eigenvalue weighted by Gasteiger charge is 2.23. The van der Waals surface area contributed by atoms with Gasteiger partial charge in [-0.3, -0.25) is 4.79 Å². The van der Waals surface area contributed by atoms with E-state index in [0.717, 1.165) is 52.0 Å². The monoisotopic (exact) mass is 382 g/mol. The fraction of sp³-hybridized carbons (Fsp3) is 0.435. The van der Waals surface area contributed by atoms with E-state index in [1.165, 1.54) is 5.56 Å². The molecule has 150 valence electrons. The zero-order chi connectivity index (χ0) is 19.8. The van der Waals surface area contributed by atoms with Crippen LogP contribution in [-0.2, 0) is 6.42 Å². The first-order valence-corrected chi connectivity index (χ1v) is 9.99. The van der Waals surface area contributed by atoms with Crippen LogP contribution in [0.5, 0.6) is 11.5 Å². The predicted octanol–water partition coefficient (Wildman–Crippen LogP) is 3.48. The first-order valence-electron chi connectivity index (χ1n) is 9.99. The summed E-state index contributed by atoms with van der Waals surface area (Å²) in [6.07, 6.45) is 3.23. The maximum absolute atomic E-state index is 13.1. The Bertz CT molecular complexity index is 764. The van der Waals surface area contributed by atoms with Gasteiger partial charge in [0.05, 0.1) is 19.8 Å². The van der Waals surface area contributed by atoms with E-state index < -0.39 is 0 Å². The van der Waals surface area contributed by atoms with E-state index in [4.69, 9.17) is 9.47 Å². The molecule has 1 saturated heterocycles. The third-order valence-electron chi connectivity index (χ3n) is 5.30. The highest BCUT2D eigenvalue weighted by Crippen LogP contribution is 2.25. The number of rotatable bonds is 7. The zero-order valence-corrected chi connectivity index (χ0v) is 16.9. The second-order valence-electron chi connectivity index (χ2n) is 7.14. The molecule has 1 aliphatic rings. The maximum atomic E-state index is 13.1. The summed E-state index contributed by atoms with van der Waals surface area (Å²) < 4.78 is 10.7. The molecule has 5 nitrogen and oxygen atoms in total. The van der Waals surface area contributed by atoms with Crippen LogP contribution < -0.4 is 9.47 Å². The van der Waals surface area contributed by atoms with Gasteiger partial charge in [-0.05, 0) is 56.1 Å². The van der Waals surface area contributed by atoms with Crippen molar-refractivity contribution in [2.45, 2.75) is 19.3 Å². The fourth-order valence-electron chi connectivity index (χ4n) is 3.70. The Morgan fingerprint density at radius 1 is 0.964 bits per heavy atom. The minimum Gasteiger partial charge on any atom is -0.497 e. The predicted molar refractivity (Wildman–Crippen MR) is 111 cm³/mol. The number of benzene rings is 2. The van der Waals surface area contributed by atoms with Crippen molar-refractivity contribution in [2.24, 2.45) is 0 Å². The van der Waals surface area contributed by atoms with Crippen molar-refractivity contribution in [3.63, 3.8) is 0 Å². The molecule has 1 heterocycles. The van der Waals surface area contributed by atoms with Gasteiger partial charge in [0.2, 0.25) is 0 Å². The van der Waals surface area contributed by atoms with Crippen LogP contribution in [0.1, 0.15) is 28.8 Å². The molecule has 0 unspecified atom stereocenters. The average Bonchev–Trinajstić information content (AvgIpc) is 2.99. The van der Waals surface area contributed by atoms with E-state index in [-0.39, 0.29) is 5.91 Å². The molecule has 1 aliphatic heterocycles. The molecule has 0 atom stereocenters. The van der Waals surface area contributed by atoms with Gasteiger partial charge < -0.3 is 19.3 Å². The van der Waals surface area contributed by atoms with Crippen LogP contribution in [0.3, 0.4) is 0 Å². The standard InChI is InChI=1S/C23H30N2O3/c1-27-20-11-12-22(28-2)21(18-20)23(26)25-15-7-14-24(16-17-25)13-6-10-19-8-4-3-5-9-19/h3-5,8-9,11-12,18H,6-7,10,13-17H2,1-2H3. The number of carbonyl (C=O) groups is 1. The Morgan fingerprint density at radius 3 is 2.54 bits per heavy atom. The van der Waals surface area contributed by atoms with Crippen LogP contribution in [0.15, 0.2) is 48.5 Å². The summed E-state index contributed by atoms with van der Waals surface area (Å²) in [6, 6.07) is 16.0. The summed E-state index contributed by atoms with van der Waals surface area (Å²) >= 11 is 0. The van der Waals surface area contributed by atoms with Crippen LogP contribution in [-0.4, -0.2) is 62.7 Å². The lowest BCUT2D eigenvalue weighted by Gasteiger charge is -2.23. The normalized spacial score (nSPS) is 15.1. The molecule has 0 N–H and O–H groups in total. The van der Waals surface area contributed by atoms with Crippen LogP contribution >= 0.6 is 0 Å². The maximum Gasteiger partial charge on any atom is 0.257 e. The first kappa shape index (κ1) is 20.2. The highest BCUT2D eigenvalue weighted by molar-refractivity contribution is 5.97. The van der Waals surface area contributed by atoms with Gasteiger partial charge in [0.1, 0.15) is 11.5 Å². The van der Waals surface area contributed by atoms with E-state index in [9.17, 15) is 4.79 Å². The van der Waals surface area contributed by atoms with E-state index in [1.807, 2.05) is 11.0 Å². The molecule has 0 bridgehead atoms. The molecule has 28 heavy (non-hydrogen) atoms. The van der Waals surface area contributed by atoms with Crippen LogP contribution in [0, 0.1) is 0 Å². The zero-order valence-electron chi connectivity index (χ0n) is 16.9. The second kappa shape index (κ2) is 10.1. The molecule has 0 aromatic heterocycles. The molecule has 0 aliphatic carbocycles. The molecule has 0 spiro atoms. The van der Waals surface area contributed by atoms with Gasteiger partial charge in [-0.2, -0.15) is 0 Å². The Kier molecular flexibility index (Phi) is 7.31.